The van der Waals surface area contributed by atoms with Gasteiger partial charge in [0.1, 0.15) is 0 Å². The molecule has 34 heavy (non-hydrogen) atoms. The fraction of sp³-hybridized carbons (Fsp3) is 0.423. The van der Waals surface area contributed by atoms with E-state index in [2.05, 4.69) is 15.6 Å². The summed E-state index contributed by atoms with van der Waals surface area (Å²) in [6.07, 6.45) is 7.49. The third-order valence-corrected chi connectivity index (χ3v) is 9.75. The molecule has 8 heteroatoms. The lowest BCUT2D eigenvalue weighted by atomic mass is 9.53. The normalized spacial score (nSPS) is 27.1. The van der Waals surface area contributed by atoms with Gasteiger partial charge in [0.15, 0.2) is 5.13 Å². The minimum absolute atomic E-state index is 0.0129. The first-order valence-corrected chi connectivity index (χ1v) is 14.0. The number of thioether (sulfide) groups is 1. The molecule has 1 heterocycles. The van der Waals surface area contributed by atoms with Crippen LogP contribution in [0.25, 0.3) is 10.2 Å². The monoisotopic (exact) mass is 511 g/mol. The van der Waals surface area contributed by atoms with Crippen LogP contribution in [0.2, 0.25) is 5.02 Å². The van der Waals surface area contributed by atoms with Crippen LogP contribution in [-0.4, -0.2) is 28.1 Å². The number of fused-ring (bicyclic) bond motifs is 1. The van der Waals surface area contributed by atoms with Gasteiger partial charge < -0.3 is 5.32 Å². The van der Waals surface area contributed by atoms with Gasteiger partial charge >= 0.3 is 0 Å². The maximum absolute atomic E-state index is 13.0. The van der Waals surface area contributed by atoms with Crippen molar-refractivity contribution in [2.24, 2.45) is 17.8 Å². The molecule has 0 radical (unpaired) electrons. The van der Waals surface area contributed by atoms with Gasteiger partial charge in [-0.2, -0.15) is 0 Å². The van der Waals surface area contributed by atoms with Crippen molar-refractivity contribution in [3.05, 3.63) is 53.1 Å². The maximum Gasteiger partial charge on any atom is 0.258 e. The number of amides is 2. The fourth-order valence-corrected chi connectivity index (χ4v) is 8.62. The van der Waals surface area contributed by atoms with Crippen molar-refractivity contribution in [1.29, 1.82) is 0 Å². The van der Waals surface area contributed by atoms with E-state index in [0.717, 1.165) is 52.1 Å². The van der Waals surface area contributed by atoms with Crippen LogP contribution in [0.4, 0.5) is 5.13 Å². The highest BCUT2D eigenvalue weighted by Gasteiger charge is 2.51. The number of nitrogens with one attached hydrogen (secondary N) is 2. The molecular weight excluding hydrogens is 486 g/mol. The SMILES string of the molecule is O=C(CSc1ccccc1C(=O)Nc1nc2ccc(Cl)cc2s1)NC12CC3CC(CC(C3)C1)C2. The van der Waals surface area contributed by atoms with Gasteiger partial charge in [-0.1, -0.05) is 35.1 Å². The van der Waals surface area contributed by atoms with Crippen LogP contribution in [0.15, 0.2) is 47.4 Å². The summed E-state index contributed by atoms with van der Waals surface area (Å²) in [5.74, 6) is 2.54. The number of nitrogens with zero attached hydrogens (tertiary/aromatic N) is 1. The lowest BCUT2D eigenvalue weighted by molar-refractivity contribution is -0.124. The summed E-state index contributed by atoms with van der Waals surface area (Å²) >= 11 is 8.88. The highest BCUT2D eigenvalue weighted by molar-refractivity contribution is 8.00. The predicted octanol–water partition coefficient (Wildman–Crippen LogP) is 6.38. The van der Waals surface area contributed by atoms with E-state index < -0.39 is 0 Å². The summed E-state index contributed by atoms with van der Waals surface area (Å²) in [7, 11) is 0. The van der Waals surface area contributed by atoms with Gasteiger partial charge in [0.25, 0.3) is 5.91 Å². The van der Waals surface area contributed by atoms with Crippen LogP contribution < -0.4 is 10.6 Å². The second-order valence-corrected chi connectivity index (χ2v) is 12.6. The molecule has 0 saturated heterocycles. The minimum atomic E-state index is -0.227. The molecule has 2 amide bonds. The molecule has 0 unspecified atom stereocenters. The molecule has 4 saturated carbocycles. The predicted molar refractivity (Wildman–Crippen MR) is 139 cm³/mol. The summed E-state index contributed by atoms with van der Waals surface area (Å²) in [6.45, 7) is 0. The molecule has 3 aromatic rings. The number of carbonyl (C=O) groups is 2. The highest BCUT2D eigenvalue weighted by atomic mass is 35.5. The summed E-state index contributed by atoms with van der Waals surface area (Å²) < 4.78 is 0.923. The summed E-state index contributed by atoms with van der Waals surface area (Å²) in [4.78, 5) is 31.3. The van der Waals surface area contributed by atoms with Crippen molar-refractivity contribution in [2.45, 2.75) is 49.0 Å². The summed E-state index contributed by atoms with van der Waals surface area (Å²) in [5.41, 5.74) is 1.36. The molecule has 7 rings (SSSR count). The standard InChI is InChI=1S/C26H26ClN3O2S2/c27-18-5-6-20-22(10-18)34-25(28-20)29-24(32)19-3-1-2-4-21(19)33-14-23(31)30-26-11-15-7-16(12-26)9-17(8-15)13-26/h1-6,10,15-17H,7-9,11-14H2,(H,30,31)(H,28,29,32). The Morgan fingerprint density at radius 3 is 2.50 bits per heavy atom. The average Bonchev–Trinajstić information content (AvgIpc) is 3.18. The Kier molecular flexibility index (Phi) is 5.82. The summed E-state index contributed by atoms with van der Waals surface area (Å²) in [6, 6.07) is 12.9. The van der Waals surface area contributed by atoms with E-state index in [4.69, 9.17) is 11.6 Å². The van der Waals surface area contributed by atoms with E-state index in [9.17, 15) is 9.59 Å². The molecule has 2 N–H and O–H groups in total. The molecule has 0 aliphatic heterocycles. The molecule has 4 bridgehead atoms. The number of hydrogen-bond donors (Lipinski definition) is 2. The molecule has 4 aliphatic carbocycles. The van der Waals surface area contributed by atoms with Crippen molar-refractivity contribution in [1.82, 2.24) is 10.3 Å². The van der Waals surface area contributed by atoms with Crippen LogP contribution in [0.1, 0.15) is 48.9 Å². The third kappa shape index (κ3) is 4.45. The Labute approximate surface area is 212 Å². The zero-order valence-electron chi connectivity index (χ0n) is 18.7. The number of halogens is 1. The van der Waals surface area contributed by atoms with E-state index in [1.165, 1.54) is 42.4 Å². The van der Waals surface area contributed by atoms with Crippen LogP contribution in [0.3, 0.4) is 0 Å². The van der Waals surface area contributed by atoms with E-state index in [1.54, 1.807) is 12.1 Å². The molecular formula is C26H26ClN3O2S2. The van der Waals surface area contributed by atoms with Crippen molar-refractivity contribution < 1.29 is 9.59 Å². The van der Waals surface area contributed by atoms with Gasteiger partial charge in [-0.15, -0.1) is 11.8 Å². The Balaban J connectivity index is 1.11. The maximum atomic E-state index is 13.0. The van der Waals surface area contributed by atoms with Gasteiger partial charge in [0.2, 0.25) is 5.91 Å². The lowest BCUT2D eigenvalue weighted by Crippen LogP contribution is -2.60. The fourth-order valence-electron chi connectivity index (χ4n) is 6.64. The molecule has 1 aromatic heterocycles. The van der Waals surface area contributed by atoms with Crippen molar-refractivity contribution in [3.63, 3.8) is 0 Å². The van der Waals surface area contributed by atoms with Crippen LogP contribution >= 0.6 is 34.7 Å². The molecule has 4 aliphatic rings. The third-order valence-electron chi connectivity index (χ3n) is 7.50. The Morgan fingerprint density at radius 2 is 1.76 bits per heavy atom. The second kappa shape index (κ2) is 8.85. The number of hydrogen-bond acceptors (Lipinski definition) is 5. The number of anilines is 1. The highest BCUT2D eigenvalue weighted by Crippen LogP contribution is 2.55. The number of benzene rings is 2. The van der Waals surface area contributed by atoms with E-state index in [-0.39, 0.29) is 17.4 Å². The molecule has 5 nitrogen and oxygen atoms in total. The van der Waals surface area contributed by atoms with Gasteiger partial charge in [-0.3, -0.25) is 14.9 Å². The number of carbonyl (C=O) groups excluding carboxylic acids is 2. The number of rotatable bonds is 6. The Bertz CT molecular complexity index is 1240. The minimum Gasteiger partial charge on any atom is -0.350 e. The van der Waals surface area contributed by atoms with Crippen molar-refractivity contribution >= 4 is 61.9 Å². The first kappa shape index (κ1) is 22.4. The smallest absolute Gasteiger partial charge is 0.258 e. The zero-order chi connectivity index (χ0) is 23.3. The van der Waals surface area contributed by atoms with Crippen LogP contribution in [0, 0.1) is 17.8 Å². The first-order valence-electron chi connectivity index (χ1n) is 11.8. The van der Waals surface area contributed by atoms with Crippen molar-refractivity contribution in [3.8, 4) is 0 Å². The first-order chi connectivity index (χ1) is 16.4. The molecule has 0 spiro atoms. The van der Waals surface area contributed by atoms with Crippen molar-refractivity contribution in [2.75, 3.05) is 11.1 Å². The molecule has 4 fully saturated rings. The summed E-state index contributed by atoms with van der Waals surface area (Å²) in [5, 5.41) is 7.50. The lowest BCUT2D eigenvalue weighted by Gasteiger charge is -2.56. The van der Waals surface area contributed by atoms with Gasteiger partial charge in [0.05, 0.1) is 21.5 Å². The average molecular weight is 512 g/mol. The van der Waals surface area contributed by atoms with E-state index in [1.807, 2.05) is 30.3 Å². The topological polar surface area (TPSA) is 71.1 Å². The quantitative estimate of drug-likeness (QED) is 0.377. The number of thiazole rings is 1. The van der Waals surface area contributed by atoms with Gasteiger partial charge in [0, 0.05) is 15.5 Å². The Morgan fingerprint density at radius 1 is 1.06 bits per heavy atom. The van der Waals surface area contributed by atoms with Gasteiger partial charge in [-0.05, 0) is 86.6 Å². The largest absolute Gasteiger partial charge is 0.350 e. The molecule has 176 valence electrons. The van der Waals surface area contributed by atoms with Crippen LogP contribution in [0.5, 0.6) is 0 Å². The van der Waals surface area contributed by atoms with Crippen LogP contribution in [-0.2, 0) is 4.79 Å². The Hall–Kier alpha value is -2.09. The van der Waals surface area contributed by atoms with E-state index >= 15 is 0 Å². The van der Waals surface area contributed by atoms with Gasteiger partial charge in [-0.25, -0.2) is 4.98 Å². The zero-order valence-corrected chi connectivity index (χ0v) is 21.1. The number of aromatic nitrogens is 1. The van der Waals surface area contributed by atoms with E-state index in [0.29, 0.717) is 21.5 Å². The molecule has 2 aromatic carbocycles. The second-order valence-electron chi connectivity index (χ2n) is 10.1. The molecule has 0 atom stereocenters.